The first kappa shape index (κ1) is 14.4. The Balaban J connectivity index is 2.49. The fourth-order valence-electron chi connectivity index (χ4n) is 1.84. The molecule has 0 amide bonds. The molecule has 3 nitrogen and oxygen atoms in total. The highest BCUT2D eigenvalue weighted by atomic mass is 19.4. The molecule has 0 aliphatic heterocycles. The number of benzene rings is 1. The third-order valence-corrected chi connectivity index (χ3v) is 2.84. The topological polar surface area (TPSA) is 48.1 Å². The zero-order valence-electron chi connectivity index (χ0n) is 11.2. The lowest BCUT2D eigenvalue weighted by atomic mass is 10.1. The van der Waals surface area contributed by atoms with Crippen LogP contribution in [0.2, 0.25) is 0 Å². The van der Waals surface area contributed by atoms with Crippen molar-refractivity contribution in [3.05, 3.63) is 30.0 Å². The van der Waals surface area contributed by atoms with Gasteiger partial charge in [-0.15, -0.1) is 0 Å². The number of para-hydroxylation sites is 1. The molecule has 0 radical (unpaired) electrons. The van der Waals surface area contributed by atoms with Gasteiger partial charge >= 0.3 is 6.18 Å². The number of pyridine rings is 1. The Labute approximate surface area is 114 Å². The number of halogens is 3. The van der Waals surface area contributed by atoms with Crippen LogP contribution in [0.3, 0.4) is 0 Å². The molecular weight excluding hydrogens is 269 g/mol. The molecule has 0 unspecified atom stereocenters. The van der Waals surface area contributed by atoms with Crippen LogP contribution in [-0.4, -0.2) is 17.8 Å². The fourth-order valence-corrected chi connectivity index (χ4v) is 1.84. The molecule has 6 heteroatoms. The Kier molecular flexibility index (Phi) is 3.74. The second kappa shape index (κ2) is 5.19. The largest absolute Gasteiger partial charge is 0.482 e. The number of nitrogen functional groups attached to an aromatic ring is 1. The first-order chi connectivity index (χ1) is 9.28. The Morgan fingerprint density at radius 3 is 2.60 bits per heavy atom. The Morgan fingerprint density at radius 2 is 2.00 bits per heavy atom. The van der Waals surface area contributed by atoms with Crippen molar-refractivity contribution in [3.8, 4) is 5.75 Å². The number of aromatic nitrogens is 1. The minimum atomic E-state index is -4.39. The van der Waals surface area contributed by atoms with E-state index in [1.165, 1.54) is 6.07 Å². The highest BCUT2D eigenvalue weighted by molar-refractivity contribution is 5.94. The van der Waals surface area contributed by atoms with Gasteiger partial charge in [0.15, 0.2) is 6.61 Å². The molecule has 1 aromatic heterocycles. The van der Waals surface area contributed by atoms with E-state index in [4.69, 9.17) is 10.5 Å². The van der Waals surface area contributed by atoms with Crippen molar-refractivity contribution >= 4 is 16.6 Å². The van der Waals surface area contributed by atoms with E-state index in [-0.39, 0.29) is 11.7 Å². The lowest BCUT2D eigenvalue weighted by Crippen LogP contribution is -2.19. The van der Waals surface area contributed by atoms with Crippen molar-refractivity contribution in [2.45, 2.75) is 25.9 Å². The molecule has 2 aromatic rings. The number of anilines is 1. The van der Waals surface area contributed by atoms with Crippen molar-refractivity contribution < 1.29 is 17.9 Å². The first-order valence-corrected chi connectivity index (χ1v) is 6.16. The molecule has 1 aromatic carbocycles. The van der Waals surface area contributed by atoms with Crippen LogP contribution in [0.4, 0.5) is 18.9 Å². The predicted molar refractivity (Wildman–Crippen MR) is 71.8 cm³/mol. The zero-order chi connectivity index (χ0) is 14.9. The van der Waals surface area contributed by atoms with Crippen LogP contribution in [0.1, 0.15) is 25.5 Å². The molecule has 0 saturated heterocycles. The van der Waals surface area contributed by atoms with Crippen LogP contribution in [0, 0.1) is 0 Å². The highest BCUT2D eigenvalue weighted by Crippen LogP contribution is 2.31. The molecule has 0 saturated carbocycles. The number of hydrogen-bond acceptors (Lipinski definition) is 3. The third kappa shape index (κ3) is 3.12. The molecule has 0 bridgehead atoms. The van der Waals surface area contributed by atoms with Crippen molar-refractivity contribution in [2.24, 2.45) is 0 Å². The summed E-state index contributed by atoms with van der Waals surface area (Å²) in [7, 11) is 0. The van der Waals surface area contributed by atoms with Crippen molar-refractivity contribution in [3.63, 3.8) is 0 Å². The number of hydrogen-bond donors (Lipinski definition) is 1. The van der Waals surface area contributed by atoms with Gasteiger partial charge in [-0.05, 0) is 18.1 Å². The third-order valence-electron chi connectivity index (χ3n) is 2.84. The Hall–Kier alpha value is -1.98. The Bertz CT molecular complexity index is 624. The van der Waals surface area contributed by atoms with E-state index in [0.717, 1.165) is 5.69 Å². The molecule has 108 valence electrons. The smallest absolute Gasteiger partial charge is 0.422 e. The van der Waals surface area contributed by atoms with E-state index in [9.17, 15) is 13.2 Å². The average Bonchev–Trinajstić information content (AvgIpc) is 2.35. The van der Waals surface area contributed by atoms with Gasteiger partial charge in [-0.3, -0.25) is 0 Å². The van der Waals surface area contributed by atoms with E-state index in [2.05, 4.69) is 4.98 Å². The number of ether oxygens (including phenoxy) is 1. The van der Waals surface area contributed by atoms with Gasteiger partial charge in [0.25, 0.3) is 0 Å². The molecule has 0 atom stereocenters. The second-order valence-electron chi connectivity index (χ2n) is 4.85. The fraction of sp³-hybridized carbons (Fsp3) is 0.357. The highest BCUT2D eigenvalue weighted by Gasteiger charge is 2.28. The van der Waals surface area contributed by atoms with E-state index in [1.807, 2.05) is 13.8 Å². The molecular formula is C14H15F3N2O. The first-order valence-electron chi connectivity index (χ1n) is 6.16. The van der Waals surface area contributed by atoms with Crippen LogP contribution in [0.25, 0.3) is 10.9 Å². The maximum absolute atomic E-state index is 12.3. The van der Waals surface area contributed by atoms with Crippen LogP contribution < -0.4 is 10.5 Å². The summed E-state index contributed by atoms with van der Waals surface area (Å²) in [5.74, 6) is 0.214. The predicted octanol–water partition coefficient (Wildman–Crippen LogP) is 3.88. The van der Waals surface area contributed by atoms with Gasteiger partial charge in [0.1, 0.15) is 11.3 Å². The maximum atomic E-state index is 12.3. The molecule has 0 aliphatic carbocycles. The van der Waals surface area contributed by atoms with E-state index in [0.29, 0.717) is 16.6 Å². The number of fused-ring (bicyclic) bond motifs is 1. The lowest BCUT2D eigenvalue weighted by Gasteiger charge is -2.14. The number of rotatable bonds is 3. The van der Waals surface area contributed by atoms with Gasteiger partial charge in [0.2, 0.25) is 0 Å². The second-order valence-corrected chi connectivity index (χ2v) is 4.85. The molecule has 2 rings (SSSR count). The maximum Gasteiger partial charge on any atom is 0.422 e. The quantitative estimate of drug-likeness (QED) is 0.930. The zero-order valence-corrected chi connectivity index (χ0v) is 11.2. The summed E-state index contributed by atoms with van der Waals surface area (Å²) in [5, 5.41) is 0.592. The summed E-state index contributed by atoms with van der Waals surface area (Å²) in [6.45, 7) is 2.53. The lowest BCUT2D eigenvalue weighted by molar-refractivity contribution is -0.153. The number of nitrogens with zero attached hydrogens (tertiary/aromatic N) is 1. The minimum Gasteiger partial charge on any atom is -0.482 e. The summed E-state index contributed by atoms with van der Waals surface area (Å²) >= 11 is 0. The normalized spacial score (nSPS) is 12.1. The van der Waals surface area contributed by atoms with Gasteiger partial charge in [0.05, 0.1) is 0 Å². The molecule has 0 spiro atoms. The molecule has 0 fully saturated rings. The van der Waals surface area contributed by atoms with Crippen LogP contribution in [0.15, 0.2) is 24.3 Å². The van der Waals surface area contributed by atoms with Gasteiger partial charge in [-0.1, -0.05) is 26.0 Å². The van der Waals surface area contributed by atoms with Crippen LogP contribution in [-0.2, 0) is 0 Å². The van der Waals surface area contributed by atoms with Crippen molar-refractivity contribution in [1.82, 2.24) is 4.98 Å². The van der Waals surface area contributed by atoms with Crippen LogP contribution in [0.5, 0.6) is 5.75 Å². The standard InChI is InChI=1S/C14H15F3N2O/c1-8(2)11-6-10(18)9-4-3-5-12(13(9)19-11)20-7-14(15,16)17/h3-6,8H,7H2,1-2H3,(H2,18,19). The molecule has 20 heavy (non-hydrogen) atoms. The average molecular weight is 284 g/mol. The van der Waals surface area contributed by atoms with Crippen LogP contribution >= 0.6 is 0 Å². The Morgan fingerprint density at radius 1 is 1.30 bits per heavy atom. The SMILES string of the molecule is CC(C)c1cc(N)c2cccc(OCC(F)(F)F)c2n1. The molecule has 2 N–H and O–H groups in total. The summed E-state index contributed by atoms with van der Waals surface area (Å²) in [4.78, 5) is 4.36. The number of alkyl halides is 3. The van der Waals surface area contributed by atoms with E-state index >= 15 is 0 Å². The monoisotopic (exact) mass is 284 g/mol. The van der Waals surface area contributed by atoms with Gasteiger partial charge < -0.3 is 10.5 Å². The minimum absolute atomic E-state index is 0.0917. The van der Waals surface area contributed by atoms with Gasteiger partial charge in [0, 0.05) is 16.8 Å². The number of nitrogens with two attached hydrogens (primary N) is 1. The van der Waals surface area contributed by atoms with Crippen molar-refractivity contribution in [1.29, 1.82) is 0 Å². The summed E-state index contributed by atoms with van der Waals surface area (Å²) < 4.78 is 41.6. The van der Waals surface area contributed by atoms with Crippen molar-refractivity contribution in [2.75, 3.05) is 12.3 Å². The van der Waals surface area contributed by atoms with E-state index < -0.39 is 12.8 Å². The summed E-state index contributed by atoms with van der Waals surface area (Å²) in [5.41, 5.74) is 7.49. The van der Waals surface area contributed by atoms with Gasteiger partial charge in [-0.2, -0.15) is 13.2 Å². The molecule has 1 heterocycles. The summed E-state index contributed by atoms with van der Waals surface area (Å²) in [6.07, 6.45) is -4.39. The van der Waals surface area contributed by atoms with E-state index in [1.54, 1.807) is 18.2 Å². The summed E-state index contributed by atoms with van der Waals surface area (Å²) in [6, 6.07) is 6.51. The van der Waals surface area contributed by atoms with Gasteiger partial charge in [-0.25, -0.2) is 4.98 Å². The molecule has 0 aliphatic rings.